The number of hydrogen-bond acceptors (Lipinski definition) is 5. The van der Waals surface area contributed by atoms with Crippen molar-refractivity contribution in [2.24, 2.45) is 0 Å². The molecule has 192 valence electrons. The summed E-state index contributed by atoms with van der Waals surface area (Å²) in [6.07, 6.45) is -4.61. The predicted molar refractivity (Wildman–Crippen MR) is 129 cm³/mol. The molecule has 0 saturated carbocycles. The summed E-state index contributed by atoms with van der Waals surface area (Å²) >= 11 is 6.10. The summed E-state index contributed by atoms with van der Waals surface area (Å²) in [5.74, 6) is -0.600. The lowest BCUT2D eigenvalue weighted by Gasteiger charge is -2.29. The van der Waals surface area contributed by atoms with Crippen LogP contribution in [0.2, 0.25) is 0 Å². The van der Waals surface area contributed by atoms with E-state index in [9.17, 15) is 26.4 Å². The van der Waals surface area contributed by atoms with Crippen molar-refractivity contribution in [1.29, 1.82) is 0 Å². The van der Waals surface area contributed by atoms with Crippen molar-refractivity contribution in [1.82, 2.24) is 4.90 Å². The Morgan fingerprint density at radius 2 is 1.80 bits per heavy atom. The molecular weight excluding hydrogens is 507 g/mol. The maximum Gasteiger partial charge on any atom is 0.419 e. The van der Waals surface area contributed by atoms with Gasteiger partial charge in [-0.1, -0.05) is 36.4 Å². The van der Waals surface area contributed by atoms with Gasteiger partial charge < -0.3 is 15.4 Å². The number of benzene rings is 2. The molecule has 2 aromatic carbocycles. The molecule has 0 aliphatic carbocycles. The molecule has 0 unspecified atom stereocenters. The van der Waals surface area contributed by atoms with Gasteiger partial charge in [0.2, 0.25) is 0 Å². The highest BCUT2D eigenvalue weighted by Gasteiger charge is 2.40. The van der Waals surface area contributed by atoms with Gasteiger partial charge in [0, 0.05) is 18.3 Å². The van der Waals surface area contributed by atoms with Crippen LogP contribution in [0.1, 0.15) is 39.2 Å². The Balaban J connectivity index is 1.93. The molecule has 3 rings (SSSR count). The third-order valence-corrected chi connectivity index (χ3v) is 7.74. The molecule has 1 aliphatic heterocycles. The number of sulfonamides is 1. The number of halogens is 4. The van der Waals surface area contributed by atoms with E-state index in [0.29, 0.717) is 19.4 Å². The monoisotopic (exact) mass is 533 g/mol. The number of amides is 1. The van der Waals surface area contributed by atoms with Crippen LogP contribution in [0, 0.1) is 0 Å². The Kier molecular flexibility index (Phi) is 7.52. The fourth-order valence-corrected chi connectivity index (χ4v) is 5.69. The topological polar surface area (TPSA) is 92.9 Å². The minimum Gasteiger partial charge on any atom is -0.444 e. The molecule has 1 saturated heterocycles. The molecule has 0 bridgehead atoms. The minimum absolute atomic E-state index is 0.200. The second-order valence-electron chi connectivity index (χ2n) is 9.25. The van der Waals surface area contributed by atoms with Crippen LogP contribution in [0.3, 0.4) is 0 Å². The fraction of sp³-hybridized carbons (Fsp3) is 0.435. The third kappa shape index (κ3) is 6.13. The summed E-state index contributed by atoms with van der Waals surface area (Å²) in [6, 6.07) is 9.32. The first-order valence-electron chi connectivity index (χ1n) is 10.9. The molecule has 1 atom stereocenters. The number of likely N-dealkylation sites (tertiary alicyclic amines) is 1. The largest absolute Gasteiger partial charge is 0.444 e. The molecule has 0 radical (unpaired) electrons. The summed E-state index contributed by atoms with van der Waals surface area (Å²) in [5.41, 5.74) is 2.65. The lowest BCUT2D eigenvalue weighted by atomic mass is 9.97. The van der Waals surface area contributed by atoms with Gasteiger partial charge in [-0.25, -0.2) is 13.2 Å². The molecule has 2 aromatic rings. The van der Waals surface area contributed by atoms with Gasteiger partial charge in [-0.3, -0.25) is 0 Å². The van der Waals surface area contributed by atoms with Gasteiger partial charge >= 0.3 is 12.3 Å². The van der Waals surface area contributed by atoms with E-state index in [0.717, 1.165) is 12.1 Å². The maximum atomic E-state index is 14.0. The lowest BCUT2D eigenvalue weighted by Crippen LogP contribution is -2.44. The van der Waals surface area contributed by atoms with Crippen LogP contribution < -0.4 is 9.56 Å². The highest BCUT2D eigenvalue weighted by molar-refractivity contribution is 7.94. The summed E-state index contributed by atoms with van der Waals surface area (Å²) in [6.45, 7) is 5.36. The van der Waals surface area contributed by atoms with Gasteiger partial charge in [-0.15, -0.1) is 0 Å². The maximum absolute atomic E-state index is 14.0. The number of carbonyl (C=O) groups is 1. The molecule has 1 amide bonds. The second-order valence-corrected chi connectivity index (χ2v) is 11.6. The zero-order valence-electron chi connectivity index (χ0n) is 19.5. The van der Waals surface area contributed by atoms with Crippen LogP contribution in [0.15, 0.2) is 42.5 Å². The summed E-state index contributed by atoms with van der Waals surface area (Å²) in [5, 5.41) is 0. The Morgan fingerprint density at radius 1 is 1.17 bits per heavy atom. The standard InChI is InChI=1S/C23H27ClF3N3O4S/c1-22(2,3)34-21(31)29-13-7-10-16(29)14-35(32,33)30(24)18-12-11-17(15-8-5-4-6-9-15)19(20(18)28)23(25,26)27/h4-6,8-9,11-12,16H,7,10,13-14,28H2,1-3H3/t16-/m0/s1. The van der Waals surface area contributed by atoms with Crippen molar-refractivity contribution >= 4 is 39.3 Å². The number of carbonyl (C=O) groups excluding carboxylic acids is 1. The first-order chi connectivity index (χ1) is 16.1. The lowest BCUT2D eigenvalue weighted by molar-refractivity contribution is -0.136. The number of nitrogens with two attached hydrogens (primary N) is 1. The van der Waals surface area contributed by atoms with Gasteiger partial charge in [-0.2, -0.15) is 17.0 Å². The Labute approximate surface area is 207 Å². The van der Waals surface area contributed by atoms with Crippen LogP contribution >= 0.6 is 11.8 Å². The minimum atomic E-state index is -4.87. The second kappa shape index (κ2) is 9.77. The molecule has 35 heavy (non-hydrogen) atoms. The Hall–Kier alpha value is -2.66. The van der Waals surface area contributed by atoms with E-state index < -0.39 is 56.6 Å². The molecule has 1 heterocycles. The first-order valence-corrected chi connectivity index (χ1v) is 12.8. The van der Waals surface area contributed by atoms with Crippen molar-refractivity contribution in [2.45, 2.75) is 51.4 Å². The SMILES string of the molecule is CC(C)(C)OC(=O)N1CCC[C@H]1CS(=O)(=O)N(Cl)c1ccc(-c2ccccc2)c(C(F)(F)F)c1N. The number of nitrogen functional groups attached to an aromatic ring is 1. The van der Waals surface area contributed by atoms with Crippen LogP contribution in [-0.2, 0) is 20.9 Å². The average molecular weight is 534 g/mol. The third-order valence-electron chi connectivity index (χ3n) is 5.43. The molecule has 7 nitrogen and oxygen atoms in total. The molecular formula is C23H27ClF3N3O4S. The predicted octanol–water partition coefficient (Wildman–Crippen LogP) is 5.64. The van der Waals surface area contributed by atoms with E-state index in [4.69, 9.17) is 22.2 Å². The molecule has 2 N–H and O–H groups in total. The van der Waals surface area contributed by atoms with Crippen molar-refractivity contribution in [2.75, 3.05) is 21.9 Å². The van der Waals surface area contributed by atoms with Crippen LogP contribution in [0.4, 0.5) is 29.3 Å². The Bertz CT molecular complexity index is 1180. The molecule has 0 aromatic heterocycles. The Morgan fingerprint density at radius 3 is 2.37 bits per heavy atom. The zero-order chi connectivity index (χ0) is 26.2. The number of nitrogens with zero attached hydrogens (tertiary/aromatic N) is 2. The van der Waals surface area contributed by atoms with E-state index >= 15 is 0 Å². The van der Waals surface area contributed by atoms with Crippen LogP contribution in [-0.4, -0.2) is 43.4 Å². The van der Waals surface area contributed by atoms with Gasteiger partial charge in [-0.05, 0) is 50.8 Å². The summed E-state index contributed by atoms with van der Waals surface area (Å²) < 4.78 is 73.7. The number of ether oxygens (including phenoxy) is 1. The highest BCUT2D eigenvalue weighted by atomic mass is 35.5. The molecule has 12 heteroatoms. The van der Waals surface area contributed by atoms with Crippen molar-refractivity contribution < 1.29 is 31.1 Å². The summed E-state index contributed by atoms with van der Waals surface area (Å²) in [7, 11) is -4.37. The quantitative estimate of drug-likeness (QED) is 0.396. The first kappa shape index (κ1) is 26.9. The van der Waals surface area contributed by atoms with Gasteiger partial charge in [0.25, 0.3) is 10.0 Å². The zero-order valence-corrected chi connectivity index (χ0v) is 21.0. The highest BCUT2D eigenvalue weighted by Crippen LogP contribution is 2.45. The van der Waals surface area contributed by atoms with E-state index in [1.54, 1.807) is 39.0 Å². The normalized spacial score (nSPS) is 16.9. The van der Waals surface area contributed by atoms with E-state index in [1.165, 1.54) is 17.0 Å². The van der Waals surface area contributed by atoms with Gasteiger partial charge in [0.1, 0.15) is 5.60 Å². The molecule has 0 spiro atoms. The van der Waals surface area contributed by atoms with E-state index in [1.807, 2.05) is 0 Å². The van der Waals surface area contributed by atoms with Gasteiger partial charge in [0.05, 0.1) is 28.7 Å². The molecule has 1 fully saturated rings. The van der Waals surface area contributed by atoms with E-state index in [-0.39, 0.29) is 15.0 Å². The van der Waals surface area contributed by atoms with Crippen molar-refractivity contribution in [3.63, 3.8) is 0 Å². The number of hydrogen-bond donors (Lipinski definition) is 1. The fourth-order valence-electron chi connectivity index (χ4n) is 3.95. The van der Waals surface area contributed by atoms with E-state index in [2.05, 4.69) is 0 Å². The van der Waals surface area contributed by atoms with Crippen LogP contribution in [0.25, 0.3) is 11.1 Å². The summed E-state index contributed by atoms with van der Waals surface area (Å²) in [4.78, 5) is 13.8. The smallest absolute Gasteiger partial charge is 0.419 e. The molecule has 1 aliphatic rings. The van der Waals surface area contributed by atoms with Crippen LogP contribution in [0.5, 0.6) is 0 Å². The number of alkyl halides is 3. The van der Waals surface area contributed by atoms with Crippen molar-refractivity contribution in [3.8, 4) is 11.1 Å². The van der Waals surface area contributed by atoms with Crippen molar-refractivity contribution in [3.05, 3.63) is 48.0 Å². The number of anilines is 2. The average Bonchev–Trinajstić information content (AvgIpc) is 3.19. The van der Waals surface area contributed by atoms with Gasteiger partial charge in [0.15, 0.2) is 0 Å². The number of rotatable bonds is 5.